The molecule has 0 bridgehead atoms. The van der Waals surface area contributed by atoms with Crippen molar-refractivity contribution in [2.75, 3.05) is 6.61 Å². The highest BCUT2D eigenvalue weighted by atomic mass is 32.2. The van der Waals surface area contributed by atoms with E-state index in [1.54, 1.807) is 11.6 Å². The van der Waals surface area contributed by atoms with Crippen LogP contribution in [0.5, 0.6) is 0 Å². The second-order valence-corrected chi connectivity index (χ2v) is 6.68. The molecule has 0 saturated carbocycles. The summed E-state index contributed by atoms with van der Waals surface area (Å²) in [5.74, 6) is 5.47. The van der Waals surface area contributed by atoms with Gasteiger partial charge in [0.25, 0.3) is 0 Å². The van der Waals surface area contributed by atoms with Crippen LogP contribution in [0, 0.1) is 11.8 Å². The van der Waals surface area contributed by atoms with Crippen molar-refractivity contribution < 1.29 is 13.5 Å². The quantitative estimate of drug-likeness (QED) is 0.792. The summed E-state index contributed by atoms with van der Waals surface area (Å²) in [6, 6.07) is 1.45. The van der Waals surface area contributed by atoms with Gasteiger partial charge in [-0.1, -0.05) is 11.8 Å². The zero-order valence-corrected chi connectivity index (χ0v) is 12.6. The van der Waals surface area contributed by atoms with E-state index in [2.05, 4.69) is 26.5 Å². The molecular weight excluding hydrogens is 310 g/mol. The molecule has 110 valence electrons. The highest BCUT2D eigenvalue weighted by molar-refractivity contribution is 7.89. The number of sulfonamides is 1. The van der Waals surface area contributed by atoms with Gasteiger partial charge in [0, 0.05) is 36.0 Å². The Hall–Kier alpha value is -1.79. The molecule has 0 amide bonds. The Kier molecular flexibility index (Phi) is 5.41. The Bertz CT molecular complexity index is 746. The highest BCUT2D eigenvalue weighted by Crippen LogP contribution is 2.11. The number of hydrogen-bond acceptors (Lipinski definition) is 6. The Morgan fingerprint density at radius 3 is 2.95 bits per heavy atom. The van der Waals surface area contributed by atoms with Crippen LogP contribution in [0.15, 0.2) is 34.9 Å². The van der Waals surface area contributed by atoms with Crippen LogP contribution in [0.4, 0.5) is 0 Å². The molecule has 0 atom stereocenters. The van der Waals surface area contributed by atoms with Crippen LogP contribution in [0.3, 0.4) is 0 Å². The van der Waals surface area contributed by atoms with Crippen LogP contribution in [0.2, 0.25) is 0 Å². The Labute approximate surface area is 126 Å². The van der Waals surface area contributed by atoms with E-state index in [0.717, 1.165) is 0 Å². The summed E-state index contributed by atoms with van der Waals surface area (Å²) < 4.78 is 26.8. The lowest BCUT2D eigenvalue weighted by molar-refractivity contribution is 0.305. The van der Waals surface area contributed by atoms with Crippen LogP contribution >= 0.6 is 11.3 Å². The lowest BCUT2D eigenvalue weighted by Gasteiger charge is -2.05. The number of thiazole rings is 1. The number of aromatic nitrogens is 2. The van der Waals surface area contributed by atoms with E-state index in [0.29, 0.717) is 17.0 Å². The van der Waals surface area contributed by atoms with Gasteiger partial charge in [0.1, 0.15) is 9.90 Å². The maximum Gasteiger partial charge on any atom is 0.242 e. The molecule has 2 aromatic rings. The van der Waals surface area contributed by atoms with Crippen molar-refractivity contribution >= 4 is 21.4 Å². The molecule has 2 heterocycles. The second-order valence-electron chi connectivity index (χ2n) is 3.94. The van der Waals surface area contributed by atoms with Crippen LogP contribution in [0.1, 0.15) is 17.0 Å². The molecular formula is C13H13N3O3S2. The number of hydrogen-bond donors (Lipinski definition) is 2. The summed E-state index contributed by atoms with van der Waals surface area (Å²) in [7, 11) is -3.65. The van der Waals surface area contributed by atoms with Crippen LogP contribution < -0.4 is 4.72 Å². The van der Waals surface area contributed by atoms with Crippen molar-refractivity contribution in [2.24, 2.45) is 0 Å². The highest BCUT2D eigenvalue weighted by Gasteiger charge is 2.15. The van der Waals surface area contributed by atoms with Gasteiger partial charge in [-0.25, -0.2) is 18.1 Å². The molecule has 2 rings (SSSR count). The third-order valence-corrected chi connectivity index (χ3v) is 4.54. The smallest absolute Gasteiger partial charge is 0.242 e. The second kappa shape index (κ2) is 7.28. The third kappa shape index (κ3) is 4.61. The molecule has 0 aromatic carbocycles. The molecule has 0 unspecified atom stereocenters. The molecule has 0 aliphatic carbocycles. The lowest BCUT2D eigenvalue weighted by atomic mass is 10.3. The van der Waals surface area contributed by atoms with Crippen LogP contribution in [-0.4, -0.2) is 30.1 Å². The number of aliphatic hydroxyl groups is 1. The first-order valence-corrected chi connectivity index (χ1v) is 8.41. The van der Waals surface area contributed by atoms with Gasteiger partial charge in [-0.3, -0.25) is 4.98 Å². The molecule has 0 saturated heterocycles. The zero-order chi connectivity index (χ0) is 15.1. The van der Waals surface area contributed by atoms with E-state index in [1.165, 1.54) is 29.8 Å². The van der Waals surface area contributed by atoms with Crippen molar-refractivity contribution in [1.82, 2.24) is 14.7 Å². The van der Waals surface area contributed by atoms with Gasteiger partial charge in [-0.15, -0.1) is 11.3 Å². The predicted octanol–water partition coefficient (Wildman–Crippen LogP) is 0.750. The van der Waals surface area contributed by atoms with Crippen molar-refractivity contribution in [3.05, 3.63) is 40.6 Å². The zero-order valence-electron chi connectivity index (χ0n) is 11.0. The molecule has 0 aliphatic heterocycles. The normalized spacial score (nSPS) is 10.9. The minimum absolute atomic E-state index is 0.0339. The summed E-state index contributed by atoms with van der Waals surface area (Å²) in [5, 5.41) is 11.1. The van der Waals surface area contributed by atoms with Crippen LogP contribution in [-0.2, 0) is 16.6 Å². The van der Waals surface area contributed by atoms with Crippen LogP contribution in [0.25, 0.3) is 0 Å². The largest absolute Gasteiger partial charge is 0.395 e. The molecule has 0 spiro atoms. The van der Waals surface area contributed by atoms with Gasteiger partial charge in [0.15, 0.2) is 0 Å². The Balaban J connectivity index is 2.12. The SMILES string of the molecule is O=S(=O)(NCc1nccs1)c1cncc(C#CCCO)c1. The average Bonchev–Trinajstić information content (AvgIpc) is 2.99. The van der Waals surface area contributed by atoms with E-state index in [1.807, 2.05) is 0 Å². The van der Waals surface area contributed by atoms with Gasteiger partial charge in [0.05, 0.1) is 13.2 Å². The summed E-state index contributed by atoms with van der Waals surface area (Å²) in [4.78, 5) is 7.94. The molecule has 2 aromatic heterocycles. The van der Waals surface area contributed by atoms with Gasteiger partial charge < -0.3 is 5.11 Å². The number of nitrogens with one attached hydrogen (secondary N) is 1. The number of aliphatic hydroxyl groups excluding tert-OH is 1. The van der Waals surface area contributed by atoms with Crippen molar-refractivity contribution in [3.8, 4) is 11.8 Å². The first-order valence-electron chi connectivity index (χ1n) is 6.04. The fourth-order valence-electron chi connectivity index (χ4n) is 1.43. The lowest BCUT2D eigenvalue weighted by Crippen LogP contribution is -2.23. The number of pyridine rings is 1. The molecule has 0 fully saturated rings. The third-order valence-electron chi connectivity index (χ3n) is 2.39. The molecule has 0 aliphatic rings. The summed E-state index contributed by atoms with van der Waals surface area (Å²) >= 11 is 1.38. The molecule has 8 heteroatoms. The summed E-state index contributed by atoms with van der Waals surface area (Å²) in [5.41, 5.74) is 0.487. The van der Waals surface area contributed by atoms with Crippen molar-refractivity contribution in [2.45, 2.75) is 17.9 Å². The van der Waals surface area contributed by atoms with Gasteiger partial charge in [-0.2, -0.15) is 0 Å². The fraction of sp³-hybridized carbons (Fsp3) is 0.231. The maximum atomic E-state index is 12.1. The molecule has 21 heavy (non-hydrogen) atoms. The van der Waals surface area contributed by atoms with E-state index in [9.17, 15) is 8.42 Å². The monoisotopic (exact) mass is 323 g/mol. The minimum atomic E-state index is -3.65. The Morgan fingerprint density at radius 2 is 2.24 bits per heavy atom. The van der Waals surface area contributed by atoms with E-state index in [-0.39, 0.29) is 18.0 Å². The minimum Gasteiger partial charge on any atom is -0.395 e. The van der Waals surface area contributed by atoms with E-state index >= 15 is 0 Å². The van der Waals surface area contributed by atoms with E-state index < -0.39 is 10.0 Å². The standard InChI is InChI=1S/C13H13N3O3S2/c17-5-2-1-3-11-7-12(9-14-8-11)21(18,19)16-10-13-15-4-6-20-13/h4,6-9,16-17H,2,5,10H2. The first kappa shape index (κ1) is 15.6. The van der Waals surface area contributed by atoms with Gasteiger partial charge >= 0.3 is 0 Å². The number of rotatable bonds is 5. The predicted molar refractivity (Wildman–Crippen MR) is 79.0 cm³/mol. The average molecular weight is 323 g/mol. The van der Waals surface area contributed by atoms with Crippen molar-refractivity contribution in [3.63, 3.8) is 0 Å². The molecule has 2 N–H and O–H groups in total. The number of nitrogens with zero attached hydrogens (tertiary/aromatic N) is 2. The van der Waals surface area contributed by atoms with Gasteiger partial charge in [-0.05, 0) is 6.07 Å². The summed E-state index contributed by atoms with van der Waals surface area (Å²) in [6.45, 7) is 0.105. The molecule has 6 nitrogen and oxygen atoms in total. The fourth-order valence-corrected chi connectivity index (χ4v) is 3.06. The van der Waals surface area contributed by atoms with Crippen molar-refractivity contribution in [1.29, 1.82) is 0 Å². The maximum absolute atomic E-state index is 12.1. The summed E-state index contributed by atoms with van der Waals surface area (Å²) in [6.07, 6.45) is 4.69. The Morgan fingerprint density at radius 1 is 1.38 bits per heavy atom. The van der Waals surface area contributed by atoms with E-state index in [4.69, 9.17) is 5.11 Å². The first-order chi connectivity index (χ1) is 10.1. The van der Waals surface area contributed by atoms with Gasteiger partial charge in [0.2, 0.25) is 10.0 Å². The molecule has 0 radical (unpaired) electrons. The topological polar surface area (TPSA) is 92.2 Å².